The standard InChI is InChI=1S/C19H25N3O/c1-13-4-5-15(12-14(13)2)6-9-17(23)21-18(16-7-8-16)19-20-10-11-22(19)3/h4-5,10-12,16,18H,6-9H2,1-3H3,(H,21,23)/t18-/m1/s1. The molecule has 0 radical (unpaired) electrons. The van der Waals surface area contributed by atoms with Crippen molar-refractivity contribution in [3.8, 4) is 0 Å². The molecule has 1 aromatic heterocycles. The number of carbonyl (C=O) groups is 1. The van der Waals surface area contributed by atoms with Gasteiger partial charge in [0.2, 0.25) is 5.91 Å². The fourth-order valence-corrected chi connectivity index (χ4v) is 2.96. The molecular weight excluding hydrogens is 286 g/mol. The Morgan fingerprint density at radius 3 is 2.74 bits per heavy atom. The monoisotopic (exact) mass is 311 g/mol. The van der Waals surface area contributed by atoms with Gasteiger partial charge in [-0.2, -0.15) is 0 Å². The Morgan fingerprint density at radius 1 is 1.35 bits per heavy atom. The van der Waals surface area contributed by atoms with Gasteiger partial charge in [-0.25, -0.2) is 4.98 Å². The molecule has 1 saturated carbocycles. The van der Waals surface area contributed by atoms with Crippen molar-refractivity contribution >= 4 is 5.91 Å². The van der Waals surface area contributed by atoms with Crippen molar-refractivity contribution < 1.29 is 4.79 Å². The van der Waals surface area contributed by atoms with Gasteiger partial charge in [0, 0.05) is 25.9 Å². The number of carbonyl (C=O) groups excluding carboxylic acids is 1. The molecule has 0 saturated heterocycles. The fourth-order valence-electron chi connectivity index (χ4n) is 2.96. The number of nitrogens with zero attached hydrogens (tertiary/aromatic N) is 2. The van der Waals surface area contributed by atoms with Crippen LogP contribution in [0, 0.1) is 19.8 Å². The van der Waals surface area contributed by atoms with Crippen molar-refractivity contribution in [1.29, 1.82) is 0 Å². The predicted molar refractivity (Wildman–Crippen MR) is 91.1 cm³/mol. The predicted octanol–water partition coefficient (Wildman–Crippen LogP) is 3.24. The van der Waals surface area contributed by atoms with E-state index in [2.05, 4.69) is 42.3 Å². The maximum absolute atomic E-state index is 12.4. The minimum Gasteiger partial charge on any atom is -0.346 e. The normalized spacial score (nSPS) is 15.4. The molecule has 1 N–H and O–H groups in total. The van der Waals surface area contributed by atoms with E-state index >= 15 is 0 Å². The van der Waals surface area contributed by atoms with Crippen LogP contribution in [0.5, 0.6) is 0 Å². The molecule has 1 amide bonds. The van der Waals surface area contributed by atoms with Crippen LogP contribution in [0.2, 0.25) is 0 Å². The minimum atomic E-state index is 0.0576. The van der Waals surface area contributed by atoms with E-state index in [0.29, 0.717) is 12.3 Å². The highest BCUT2D eigenvalue weighted by atomic mass is 16.1. The second-order valence-corrected chi connectivity index (χ2v) is 6.70. The molecule has 0 spiro atoms. The van der Waals surface area contributed by atoms with E-state index in [4.69, 9.17) is 0 Å². The van der Waals surface area contributed by atoms with Crippen LogP contribution in [-0.2, 0) is 18.3 Å². The Bertz CT molecular complexity index is 700. The highest BCUT2D eigenvalue weighted by Gasteiger charge is 2.35. The number of amides is 1. The van der Waals surface area contributed by atoms with E-state index in [1.165, 1.54) is 29.5 Å². The summed E-state index contributed by atoms with van der Waals surface area (Å²) >= 11 is 0. The summed E-state index contributed by atoms with van der Waals surface area (Å²) in [5.41, 5.74) is 3.80. The van der Waals surface area contributed by atoms with Gasteiger partial charge < -0.3 is 9.88 Å². The number of imidazole rings is 1. The third-order valence-corrected chi connectivity index (χ3v) is 4.76. The van der Waals surface area contributed by atoms with Gasteiger partial charge in [0.1, 0.15) is 5.82 Å². The Morgan fingerprint density at radius 2 is 2.13 bits per heavy atom. The van der Waals surface area contributed by atoms with Crippen LogP contribution < -0.4 is 5.32 Å². The highest BCUT2D eigenvalue weighted by molar-refractivity contribution is 5.76. The molecule has 1 aromatic carbocycles. The van der Waals surface area contributed by atoms with Crippen LogP contribution in [0.4, 0.5) is 0 Å². The lowest BCUT2D eigenvalue weighted by molar-refractivity contribution is -0.122. The highest BCUT2D eigenvalue weighted by Crippen LogP contribution is 2.40. The zero-order valence-corrected chi connectivity index (χ0v) is 14.2. The van der Waals surface area contributed by atoms with Crippen LogP contribution >= 0.6 is 0 Å². The Hall–Kier alpha value is -2.10. The van der Waals surface area contributed by atoms with Crippen LogP contribution in [-0.4, -0.2) is 15.5 Å². The summed E-state index contributed by atoms with van der Waals surface area (Å²) in [6.07, 6.45) is 7.39. The average Bonchev–Trinajstić information content (AvgIpc) is 3.28. The summed E-state index contributed by atoms with van der Waals surface area (Å²) in [6.45, 7) is 4.22. The van der Waals surface area contributed by atoms with Gasteiger partial charge in [-0.3, -0.25) is 4.79 Å². The van der Waals surface area contributed by atoms with Crippen molar-refractivity contribution in [3.63, 3.8) is 0 Å². The summed E-state index contributed by atoms with van der Waals surface area (Å²) in [4.78, 5) is 16.8. The largest absolute Gasteiger partial charge is 0.346 e. The number of aromatic nitrogens is 2. The lowest BCUT2D eigenvalue weighted by Gasteiger charge is -2.18. The molecule has 0 bridgehead atoms. The third-order valence-electron chi connectivity index (χ3n) is 4.76. The lowest BCUT2D eigenvalue weighted by Crippen LogP contribution is -2.31. The molecule has 2 aromatic rings. The van der Waals surface area contributed by atoms with Crippen molar-refractivity contribution in [2.45, 2.75) is 45.6 Å². The van der Waals surface area contributed by atoms with Gasteiger partial charge in [-0.05, 0) is 55.7 Å². The van der Waals surface area contributed by atoms with E-state index in [1.807, 2.05) is 17.8 Å². The topological polar surface area (TPSA) is 46.9 Å². The second-order valence-electron chi connectivity index (χ2n) is 6.70. The number of hydrogen-bond donors (Lipinski definition) is 1. The van der Waals surface area contributed by atoms with E-state index in [-0.39, 0.29) is 11.9 Å². The number of nitrogens with one attached hydrogen (secondary N) is 1. The Labute approximate surface area is 137 Å². The SMILES string of the molecule is Cc1ccc(CCC(=O)N[C@@H](c2nccn2C)C2CC2)cc1C. The lowest BCUT2D eigenvalue weighted by atomic mass is 10.0. The first-order valence-electron chi connectivity index (χ1n) is 8.37. The molecule has 23 heavy (non-hydrogen) atoms. The molecule has 1 heterocycles. The molecule has 4 heteroatoms. The van der Waals surface area contributed by atoms with Crippen LogP contribution in [0.1, 0.15) is 47.8 Å². The summed E-state index contributed by atoms with van der Waals surface area (Å²) < 4.78 is 2.01. The van der Waals surface area contributed by atoms with E-state index in [9.17, 15) is 4.79 Å². The first-order chi connectivity index (χ1) is 11.0. The Kier molecular flexibility index (Phi) is 4.51. The molecule has 1 aliphatic rings. The van der Waals surface area contributed by atoms with Crippen molar-refractivity contribution in [2.24, 2.45) is 13.0 Å². The first-order valence-corrected chi connectivity index (χ1v) is 8.37. The molecular formula is C19H25N3O. The van der Waals surface area contributed by atoms with E-state index < -0.39 is 0 Å². The molecule has 4 nitrogen and oxygen atoms in total. The van der Waals surface area contributed by atoms with Crippen LogP contribution in [0.15, 0.2) is 30.6 Å². The zero-order valence-electron chi connectivity index (χ0n) is 14.2. The minimum absolute atomic E-state index is 0.0576. The second kappa shape index (κ2) is 6.57. The average molecular weight is 311 g/mol. The molecule has 122 valence electrons. The molecule has 1 fully saturated rings. The molecule has 3 rings (SSSR count). The van der Waals surface area contributed by atoms with Crippen LogP contribution in [0.3, 0.4) is 0 Å². The summed E-state index contributed by atoms with van der Waals surface area (Å²) in [7, 11) is 1.99. The molecule has 1 atom stereocenters. The number of rotatable bonds is 6. The first kappa shape index (κ1) is 15.8. The van der Waals surface area contributed by atoms with E-state index in [1.54, 1.807) is 6.20 Å². The van der Waals surface area contributed by atoms with Crippen molar-refractivity contribution in [1.82, 2.24) is 14.9 Å². The third kappa shape index (κ3) is 3.81. The number of aryl methyl sites for hydroxylation is 4. The number of hydrogen-bond acceptors (Lipinski definition) is 2. The maximum Gasteiger partial charge on any atom is 0.220 e. The van der Waals surface area contributed by atoms with Crippen LogP contribution in [0.25, 0.3) is 0 Å². The van der Waals surface area contributed by atoms with Gasteiger partial charge in [-0.15, -0.1) is 0 Å². The van der Waals surface area contributed by atoms with Gasteiger partial charge in [0.15, 0.2) is 0 Å². The molecule has 0 unspecified atom stereocenters. The van der Waals surface area contributed by atoms with Gasteiger partial charge in [0.25, 0.3) is 0 Å². The quantitative estimate of drug-likeness (QED) is 0.890. The summed E-state index contributed by atoms with van der Waals surface area (Å²) in [5, 5.41) is 3.20. The maximum atomic E-state index is 12.4. The zero-order chi connectivity index (χ0) is 16.4. The smallest absolute Gasteiger partial charge is 0.220 e. The van der Waals surface area contributed by atoms with E-state index in [0.717, 1.165) is 12.2 Å². The Balaban J connectivity index is 1.59. The molecule has 0 aliphatic heterocycles. The van der Waals surface area contributed by atoms with Gasteiger partial charge in [0.05, 0.1) is 6.04 Å². The number of benzene rings is 1. The van der Waals surface area contributed by atoms with Gasteiger partial charge in [-0.1, -0.05) is 18.2 Å². The fraction of sp³-hybridized carbons (Fsp3) is 0.474. The summed E-state index contributed by atoms with van der Waals surface area (Å²) in [5.74, 6) is 1.62. The summed E-state index contributed by atoms with van der Waals surface area (Å²) in [6, 6.07) is 6.48. The van der Waals surface area contributed by atoms with Crippen molar-refractivity contribution in [2.75, 3.05) is 0 Å². The van der Waals surface area contributed by atoms with Crippen molar-refractivity contribution in [3.05, 3.63) is 53.1 Å². The van der Waals surface area contributed by atoms with Gasteiger partial charge >= 0.3 is 0 Å². The molecule has 1 aliphatic carbocycles.